The first-order valence-corrected chi connectivity index (χ1v) is 22.3. The Hall–Kier alpha value is -7.98. The molecule has 2 aromatic heterocycles. The zero-order valence-corrected chi connectivity index (χ0v) is 38.6. The predicted octanol–water partition coefficient (Wildman–Crippen LogP) is -5.91. The Morgan fingerprint density at radius 2 is 1.42 bits per heavy atom. The fourth-order valence-electron chi connectivity index (χ4n) is 7.52. The number of rotatable bonds is 27. The number of hydrogen-bond acceptors (Lipinski definition) is 15. The molecule has 3 heterocycles. The summed E-state index contributed by atoms with van der Waals surface area (Å²) in [5.41, 5.74) is 12.4. The number of nitrogens with two attached hydrogens (primary N) is 2. The number of amides is 9. The van der Waals surface area contributed by atoms with Crippen LogP contribution in [0.15, 0.2) is 43.0 Å². The number of nitrogens with one attached hydrogen (secondary N) is 9. The van der Waals surface area contributed by atoms with Crippen molar-refractivity contribution in [1.29, 1.82) is 0 Å². The first-order valence-electron chi connectivity index (χ1n) is 22.3. The van der Waals surface area contributed by atoms with Crippen LogP contribution in [0.4, 0.5) is 0 Å². The Bertz CT molecular complexity index is 2430. The number of carboxylic acids is 2. The number of primary amides is 1. The van der Waals surface area contributed by atoms with Gasteiger partial charge in [-0.3, -0.25) is 47.9 Å². The molecular formula is C43H59N13O15. The second kappa shape index (κ2) is 26.1. The molecule has 71 heavy (non-hydrogen) atoms. The van der Waals surface area contributed by atoms with E-state index in [4.69, 9.17) is 11.5 Å². The van der Waals surface area contributed by atoms with E-state index in [1.165, 1.54) is 12.5 Å². The van der Waals surface area contributed by atoms with Crippen LogP contribution < -0.4 is 48.7 Å². The number of aliphatic hydroxyl groups excluding tert-OH is 2. The molecule has 28 nitrogen and oxygen atoms in total. The third-order valence-corrected chi connectivity index (χ3v) is 11.2. The van der Waals surface area contributed by atoms with Crippen molar-refractivity contribution in [3.8, 4) is 0 Å². The van der Waals surface area contributed by atoms with Gasteiger partial charge < -0.3 is 84.0 Å². The van der Waals surface area contributed by atoms with Crippen LogP contribution in [0.1, 0.15) is 50.8 Å². The molecule has 1 aliphatic heterocycles. The molecule has 386 valence electrons. The normalized spacial score (nSPS) is 16.3. The number of imidazole rings is 1. The minimum absolute atomic E-state index is 0.00609. The number of nitrogens with zero attached hydrogens (tertiary/aromatic N) is 2. The summed E-state index contributed by atoms with van der Waals surface area (Å²) in [6.45, 7) is 0.484. The lowest BCUT2D eigenvalue weighted by molar-refractivity contribution is -0.147. The molecule has 4 rings (SSSR count). The highest BCUT2D eigenvalue weighted by Gasteiger charge is 2.41. The zero-order chi connectivity index (χ0) is 52.5. The second-order valence-electron chi connectivity index (χ2n) is 16.9. The van der Waals surface area contributed by atoms with E-state index < -0.39 is 152 Å². The minimum Gasteiger partial charge on any atom is -0.481 e. The van der Waals surface area contributed by atoms with Gasteiger partial charge in [-0.05, 0) is 30.4 Å². The zero-order valence-electron chi connectivity index (χ0n) is 38.6. The number of hydrogen-bond donors (Lipinski definition) is 15. The van der Waals surface area contributed by atoms with E-state index in [-0.39, 0.29) is 32.2 Å². The van der Waals surface area contributed by atoms with Crippen LogP contribution in [-0.4, -0.2) is 180 Å². The molecule has 0 aliphatic carbocycles. The number of para-hydroxylation sites is 1. The quantitative estimate of drug-likeness (QED) is 0.0338. The molecule has 0 saturated carbocycles. The average molecular weight is 998 g/mol. The summed E-state index contributed by atoms with van der Waals surface area (Å²) in [5.74, 6) is -12.5. The number of fused-ring (bicyclic) bond motifs is 1. The maximum absolute atomic E-state index is 14.2. The predicted molar refractivity (Wildman–Crippen MR) is 244 cm³/mol. The van der Waals surface area contributed by atoms with E-state index in [0.717, 1.165) is 15.8 Å². The van der Waals surface area contributed by atoms with Crippen molar-refractivity contribution in [2.75, 3.05) is 26.3 Å². The van der Waals surface area contributed by atoms with Crippen LogP contribution >= 0.6 is 0 Å². The number of aliphatic hydroxyl groups is 2. The molecule has 0 unspecified atom stereocenters. The topological polar surface area (TPSA) is 453 Å². The highest BCUT2D eigenvalue weighted by molar-refractivity contribution is 5.99. The molecule has 9 amide bonds. The standard InChI is InChI=1S/C43H59N13O15/c1-20(2)35(55-36(63)24(44)17-57)41(68)52-26(10-21-14-47-25-7-4-3-6-23(21)25)38(65)51-27(11-22-15-46-19-49-22)37(64)48-16-33(60)50-30(18-58)39(66)53-28(13-34(61)62)42(69)56-9-5-8-31(56)40(67)54-29(43(70)71)12-32(45)59/h3-4,6-7,14-15,19-20,24,26-31,35,47,57-58H,5,8-13,16-18,44H2,1-2H3,(H2,45,59)(H,46,49)(H,48,64)(H,50,60)(H,51,65)(H,52,68)(H,53,66)(H,54,67)(H,55,63)(H,61,62)(H,70,71)/t24-,26-,27-,28-,29-,30-,31-,35-/m0/s1. The maximum atomic E-state index is 14.2. The third kappa shape index (κ3) is 16.0. The van der Waals surface area contributed by atoms with Gasteiger partial charge in [0.15, 0.2) is 0 Å². The number of likely N-dealkylation sites (tertiary alicyclic amines) is 1. The van der Waals surface area contributed by atoms with Crippen molar-refractivity contribution in [3.05, 3.63) is 54.2 Å². The number of carboxylic acid groups (broad SMARTS) is 2. The Kier molecular flexibility index (Phi) is 20.5. The molecule has 1 aliphatic rings. The van der Waals surface area contributed by atoms with Crippen molar-refractivity contribution in [1.82, 2.24) is 57.1 Å². The maximum Gasteiger partial charge on any atom is 0.326 e. The van der Waals surface area contributed by atoms with Crippen molar-refractivity contribution >= 4 is 76.0 Å². The van der Waals surface area contributed by atoms with Crippen molar-refractivity contribution in [3.63, 3.8) is 0 Å². The summed E-state index contributed by atoms with van der Waals surface area (Å²) in [6, 6.07) is -5.04. The smallest absolute Gasteiger partial charge is 0.326 e. The van der Waals surface area contributed by atoms with E-state index in [2.05, 4.69) is 52.2 Å². The summed E-state index contributed by atoms with van der Waals surface area (Å²) in [5, 5.41) is 55.7. The van der Waals surface area contributed by atoms with Crippen molar-refractivity contribution in [2.45, 2.75) is 101 Å². The Morgan fingerprint density at radius 1 is 0.761 bits per heavy atom. The molecule has 0 bridgehead atoms. The summed E-state index contributed by atoms with van der Waals surface area (Å²) in [6.07, 6.45) is 2.38. The second-order valence-corrected chi connectivity index (χ2v) is 16.9. The van der Waals surface area contributed by atoms with Gasteiger partial charge in [-0.1, -0.05) is 32.0 Å². The van der Waals surface area contributed by atoms with Gasteiger partial charge in [-0.25, -0.2) is 9.78 Å². The lowest BCUT2D eigenvalue weighted by atomic mass is 10.00. The average Bonchev–Trinajstić information content (AvgIpc) is 4.12. The van der Waals surface area contributed by atoms with Gasteiger partial charge in [0.1, 0.15) is 48.3 Å². The SMILES string of the molecule is CC(C)[C@H](NC(=O)[C@@H](N)CO)C(=O)N[C@@H](Cc1c[nH]c2ccccc12)C(=O)N[C@@H](Cc1cnc[nH]1)C(=O)NCC(=O)N[C@@H](CO)C(=O)N[C@@H](CC(=O)O)C(=O)N1CCC[C@H]1C(=O)N[C@@H](CC(N)=O)C(=O)O. The molecule has 3 aromatic rings. The highest BCUT2D eigenvalue weighted by Crippen LogP contribution is 2.21. The molecule has 8 atom stereocenters. The van der Waals surface area contributed by atoms with Crippen LogP contribution in [0.5, 0.6) is 0 Å². The first kappa shape index (κ1) is 55.6. The number of carbonyl (C=O) groups excluding carboxylic acids is 9. The van der Waals surface area contributed by atoms with Gasteiger partial charge in [0.05, 0.1) is 38.9 Å². The van der Waals surface area contributed by atoms with Crippen LogP contribution in [-0.2, 0) is 65.6 Å². The van der Waals surface area contributed by atoms with Crippen LogP contribution in [0.3, 0.4) is 0 Å². The lowest BCUT2D eigenvalue weighted by Crippen LogP contribution is -2.60. The molecule has 1 aromatic carbocycles. The molecule has 1 saturated heterocycles. The Morgan fingerprint density at radius 3 is 2.04 bits per heavy atom. The summed E-state index contributed by atoms with van der Waals surface area (Å²) in [7, 11) is 0. The van der Waals surface area contributed by atoms with Gasteiger partial charge in [0.25, 0.3) is 0 Å². The lowest BCUT2D eigenvalue weighted by Gasteiger charge is -2.29. The van der Waals surface area contributed by atoms with Gasteiger partial charge in [-0.15, -0.1) is 0 Å². The number of aliphatic carboxylic acids is 2. The van der Waals surface area contributed by atoms with E-state index in [1.807, 2.05) is 0 Å². The molecular weight excluding hydrogens is 939 g/mol. The molecule has 0 spiro atoms. The molecule has 17 N–H and O–H groups in total. The van der Waals surface area contributed by atoms with Crippen LogP contribution in [0.25, 0.3) is 10.9 Å². The summed E-state index contributed by atoms with van der Waals surface area (Å²) >= 11 is 0. The summed E-state index contributed by atoms with van der Waals surface area (Å²) in [4.78, 5) is 153. The van der Waals surface area contributed by atoms with Gasteiger partial charge in [-0.2, -0.15) is 0 Å². The fourth-order valence-corrected chi connectivity index (χ4v) is 7.52. The number of carbonyl (C=O) groups is 11. The number of aromatic amines is 2. The van der Waals surface area contributed by atoms with E-state index in [1.54, 1.807) is 44.3 Å². The largest absolute Gasteiger partial charge is 0.481 e. The van der Waals surface area contributed by atoms with Gasteiger partial charge in [0.2, 0.25) is 53.2 Å². The van der Waals surface area contributed by atoms with Crippen molar-refractivity contribution < 1.29 is 73.2 Å². The first-order chi connectivity index (χ1) is 33.6. The van der Waals surface area contributed by atoms with Gasteiger partial charge in [0, 0.05) is 48.4 Å². The third-order valence-electron chi connectivity index (χ3n) is 11.2. The monoisotopic (exact) mass is 997 g/mol. The minimum atomic E-state index is -1.86. The Balaban J connectivity index is 1.47. The Labute approximate surface area is 404 Å². The van der Waals surface area contributed by atoms with E-state index >= 15 is 0 Å². The summed E-state index contributed by atoms with van der Waals surface area (Å²) < 4.78 is 0. The van der Waals surface area contributed by atoms with E-state index in [0.29, 0.717) is 11.3 Å². The highest BCUT2D eigenvalue weighted by atomic mass is 16.4. The fraction of sp³-hybridized carbons (Fsp3) is 0.488. The van der Waals surface area contributed by atoms with Crippen LogP contribution in [0.2, 0.25) is 0 Å². The number of benzene rings is 1. The van der Waals surface area contributed by atoms with E-state index in [9.17, 15) is 73.2 Å². The molecule has 0 radical (unpaired) electrons. The van der Waals surface area contributed by atoms with Crippen LogP contribution in [0, 0.1) is 5.92 Å². The molecule has 1 fully saturated rings. The van der Waals surface area contributed by atoms with Gasteiger partial charge >= 0.3 is 11.9 Å². The number of H-pyrrole nitrogens is 2. The number of aromatic nitrogens is 3. The molecule has 28 heteroatoms. The van der Waals surface area contributed by atoms with Crippen molar-refractivity contribution in [2.24, 2.45) is 17.4 Å².